The number of Topliss-reactive ketones (excluding diaryl/α,β-unsaturated/α-hetero) is 1. The first-order valence-electron chi connectivity index (χ1n) is 3.50. The van der Waals surface area contributed by atoms with E-state index in [-0.39, 0.29) is 17.1 Å². The van der Waals surface area contributed by atoms with E-state index in [9.17, 15) is 9.90 Å². The normalized spacial score (nSPS) is 9.31. The summed E-state index contributed by atoms with van der Waals surface area (Å²) < 4.78 is 0.680. The van der Waals surface area contributed by atoms with Crippen LogP contribution in [0.5, 0.6) is 5.75 Å². The van der Waals surface area contributed by atoms with Crippen LogP contribution < -0.4 is 0 Å². The van der Waals surface area contributed by atoms with Crippen molar-refractivity contribution in [2.75, 3.05) is 0 Å². The van der Waals surface area contributed by atoms with Gasteiger partial charge in [-0.3, -0.25) is 4.79 Å². The van der Waals surface area contributed by atoms with Gasteiger partial charge in [0, 0.05) is 3.57 Å². The summed E-state index contributed by atoms with van der Waals surface area (Å²) in [5.74, 6) is -0.357. The Labute approximate surface area is 89.1 Å². The number of carbonyl (C=O) groups excluding carboxylic acids is 1. The maximum absolute atomic E-state index is 11.1. The third kappa shape index (κ3) is 1.80. The van der Waals surface area contributed by atoms with E-state index in [1.54, 1.807) is 6.07 Å². The molecule has 0 heterocycles. The van der Waals surface area contributed by atoms with Gasteiger partial charge in [-0.25, -0.2) is 0 Å². The molecule has 0 aliphatic heterocycles. The summed E-state index contributed by atoms with van der Waals surface area (Å²) in [7, 11) is 0. The highest BCUT2D eigenvalue weighted by Gasteiger charge is 2.14. The van der Waals surface area contributed by atoms with E-state index in [0.717, 1.165) is 0 Å². The number of halogens is 1. The molecule has 0 unspecified atom stereocenters. The first-order valence-corrected chi connectivity index (χ1v) is 4.58. The number of ketones is 1. The van der Waals surface area contributed by atoms with Crippen molar-refractivity contribution in [1.29, 1.82) is 5.26 Å². The molecule has 0 radical (unpaired) electrons. The smallest absolute Gasteiger partial charge is 0.162 e. The fourth-order valence-corrected chi connectivity index (χ4v) is 1.85. The number of hydrogen-bond donors (Lipinski definition) is 1. The van der Waals surface area contributed by atoms with E-state index in [2.05, 4.69) is 0 Å². The van der Waals surface area contributed by atoms with Gasteiger partial charge in [-0.05, 0) is 41.6 Å². The van der Waals surface area contributed by atoms with Crippen LogP contribution in [0.4, 0.5) is 0 Å². The van der Waals surface area contributed by atoms with Crippen LogP contribution in [0.2, 0.25) is 0 Å². The summed E-state index contributed by atoms with van der Waals surface area (Å²) in [5.41, 5.74) is 0.350. The van der Waals surface area contributed by atoms with E-state index >= 15 is 0 Å². The molecule has 3 nitrogen and oxygen atoms in total. The number of nitrogens with zero attached hydrogens (tertiary/aromatic N) is 1. The van der Waals surface area contributed by atoms with Gasteiger partial charge in [-0.1, -0.05) is 0 Å². The van der Waals surface area contributed by atoms with Crippen molar-refractivity contribution in [2.45, 2.75) is 6.92 Å². The number of benzene rings is 1. The van der Waals surface area contributed by atoms with Crippen LogP contribution >= 0.6 is 22.6 Å². The van der Waals surface area contributed by atoms with Crippen LogP contribution in [-0.4, -0.2) is 10.9 Å². The summed E-state index contributed by atoms with van der Waals surface area (Å²) in [6.45, 7) is 1.37. The number of phenolic OH excluding ortho intramolecular Hbond substituents is 1. The number of carbonyl (C=O) groups is 1. The predicted octanol–water partition coefficient (Wildman–Crippen LogP) is 2.07. The van der Waals surface area contributed by atoms with Crippen molar-refractivity contribution in [1.82, 2.24) is 0 Å². The molecule has 13 heavy (non-hydrogen) atoms. The molecule has 0 aliphatic rings. The summed E-state index contributed by atoms with van der Waals surface area (Å²) in [4.78, 5) is 11.1. The van der Waals surface area contributed by atoms with Gasteiger partial charge in [0.25, 0.3) is 0 Å². The Kier molecular flexibility index (Phi) is 2.88. The highest BCUT2D eigenvalue weighted by atomic mass is 127. The van der Waals surface area contributed by atoms with Crippen LogP contribution in [0.3, 0.4) is 0 Å². The van der Waals surface area contributed by atoms with Gasteiger partial charge in [0.05, 0.1) is 5.56 Å². The van der Waals surface area contributed by atoms with E-state index < -0.39 is 0 Å². The number of hydrogen-bond acceptors (Lipinski definition) is 3. The molecule has 1 rings (SSSR count). The van der Waals surface area contributed by atoms with Gasteiger partial charge in [-0.2, -0.15) is 5.26 Å². The topological polar surface area (TPSA) is 61.1 Å². The number of phenols is 1. The second-order valence-electron chi connectivity index (χ2n) is 2.48. The van der Waals surface area contributed by atoms with Crippen LogP contribution in [0.15, 0.2) is 12.1 Å². The quantitative estimate of drug-likeness (QED) is 0.635. The van der Waals surface area contributed by atoms with E-state index in [0.29, 0.717) is 9.13 Å². The molecule has 0 saturated carbocycles. The van der Waals surface area contributed by atoms with Gasteiger partial charge in [0.1, 0.15) is 17.4 Å². The molecule has 1 aromatic carbocycles. The minimum absolute atomic E-state index is 0.0550. The standard InChI is InChI=1S/C9H6INO2/c1-5(12)9-6(4-11)8(13)3-2-7(9)10/h2-3,13H,1H3. The van der Waals surface area contributed by atoms with Crippen LogP contribution in [-0.2, 0) is 0 Å². The van der Waals surface area contributed by atoms with Crippen molar-refractivity contribution >= 4 is 28.4 Å². The molecule has 0 spiro atoms. The lowest BCUT2D eigenvalue weighted by Crippen LogP contribution is -2.00. The average molecular weight is 287 g/mol. The fraction of sp³-hybridized carbons (Fsp3) is 0.111. The maximum Gasteiger partial charge on any atom is 0.162 e. The highest BCUT2D eigenvalue weighted by molar-refractivity contribution is 14.1. The Balaban J connectivity index is 3.55. The van der Waals surface area contributed by atoms with Crippen LogP contribution in [0, 0.1) is 14.9 Å². The Bertz CT molecular complexity index is 407. The van der Waals surface area contributed by atoms with Crippen molar-refractivity contribution in [3.05, 3.63) is 26.8 Å². The third-order valence-electron chi connectivity index (χ3n) is 1.60. The zero-order chi connectivity index (χ0) is 10.0. The molecule has 0 atom stereocenters. The molecule has 0 aliphatic carbocycles. The monoisotopic (exact) mass is 287 g/mol. The lowest BCUT2D eigenvalue weighted by Gasteiger charge is -2.03. The van der Waals surface area contributed by atoms with Crippen LogP contribution in [0.1, 0.15) is 22.8 Å². The van der Waals surface area contributed by atoms with Gasteiger partial charge in [0.15, 0.2) is 5.78 Å². The molecule has 1 aromatic rings. The van der Waals surface area contributed by atoms with E-state index in [4.69, 9.17) is 5.26 Å². The van der Waals surface area contributed by atoms with Gasteiger partial charge >= 0.3 is 0 Å². The molecule has 4 heteroatoms. The highest BCUT2D eigenvalue weighted by Crippen LogP contribution is 2.25. The van der Waals surface area contributed by atoms with Gasteiger partial charge in [0.2, 0.25) is 0 Å². The van der Waals surface area contributed by atoms with Crippen molar-refractivity contribution < 1.29 is 9.90 Å². The molecular weight excluding hydrogens is 281 g/mol. The van der Waals surface area contributed by atoms with Crippen molar-refractivity contribution in [3.8, 4) is 11.8 Å². The first-order chi connectivity index (χ1) is 6.07. The molecule has 0 bridgehead atoms. The molecule has 0 fully saturated rings. The average Bonchev–Trinajstić information content (AvgIpc) is 2.07. The fourth-order valence-electron chi connectivity index (χ4n) is 1.02. The number of rotatable bonds is 1. The first kappa shape index (κ1) is 9.99. The molecule has 1 N–H and O–H groups in total. The Morgan fingerprint density at radius 2 is 2.23 bits per heavy atom. The van der Waals surface area contributed by atoms with Gasteiger partial charge < -0.3 is 5.11 Å². The molecule has 66 valence electrons. The number of nitriles is 1. The molecule has 0 saturated heterocycles. The summed E-state index contributed by atoms with van der Waals surface area (Å²) in [6.07, 6.45) is 0. The second kappa shape index (κ2) is 3.75. The molecular formula is C9H6INO2. The van der Waals surface area contributed by atoms with Crippen molar-refractivity contribution in [2.24, 2.45) is 0 Å². The SMILES string of the molecule is CC(=O)c1c(I)ccc(O)c1C#N. The minimum atomic E-state index is -0.211. The lowest BCUT2D eigenvalue weighted by atomic mass is 10.0. The minimum Gasteiger partial charge on any atom is -0.507 e. The predicted molar refractivity (Wildman–Crippen MR) is 55.5 cm³/mol. The zero-order valence-corrected chi connectivity index (χ0v) is 8.99. The maximum atomic E-state index is 11.1. The second-order valence-corrected chi connectivity index (χ2v) is 3.65. The molecule has 0 aromatic heterocycles. The Hall–Kier alpha value is -1.09. The zero-order valence-electron chi connectivity index (χ0n) is 6.84. The van der Waals surface area contributed by atoms with E-state index in [1.165, 1.54) is 13.0 Å². The third-order valence-corrected chi connectivity index (χ3v) is 2.50. The molecule has 0 amide bonds. The summed E-state index contributed by atoms with van der Waals surface area (Å²) >= 11 is 1.96. The largest absolute Gasteiger partial charge is 0.507 e. The van der Waals surface area contributed by atoms with Crippen molar-refractivity contribution in [3.63, 3.8) is 0 Å². The Morgan fingerprint density at radius 3 is 2.62 bits per heavy atom. The lowest BCUT2D eigenvalue weighted by molar-refractivity contribution is 0.101. The Morgan fingerprint density at radius 1 is 1.62 bits per heavy atom. The van der Waals surface area contributed by atoms with Crippen LogP contribution in [0.25, 0.3) is 0 Å². The van der Waals surface area contributed by atoms with E-state index in [1.807, 2.05) is 28.7 Å². The number of aromatic hydroxyl groups is 1. The summed E-state index contributed by atoms with van der Waals surface area (Å²) in [6, 6.07) is 4.82. The van der Waals surface area contributed by atoms with Gasteiger partial charge in [-0.15, -0.1) is 0 Å². The summed E-state index contributed by atoms with van der Waals surface area (Å²) in [5, 5.41) is 18.0.